The molecule has 1 aromatic heterocycles. The van der Waals surface area contributed by atoms with Gasteiger partial charge in [0.2, 0.25) is 0 Å². The lowest BCUT2D eigenvalue weighted by molar-refractivity contribution is -0.384. The van der Waals surface area contributed by atoms with Crippen LogP contribution in [0.15, 0.2) is 59.4 Å². The van der Waals surface area contributed by atoms with Crippen molar-refractivity contribution < 1.29 is 9.66 Å². The molecule has 2 aromatic carbocycles. The van der Waals surface area contributed by atoms with E-state index in [9.17, 15) is 20.2 Å². The zero-order valence-electron chi connectivity index (χ0n) is 14.4. The third-order valence-electron chi connectivity index (χ3n) is 4.01. The number of ether oxygens (including phenoxy) is 1. The highest BCUT2D eigenvalue weighted by atomic mass is 16.6. The van der Waals surface area contributed by atoms with Crippen LogP contribution in [0, 0.1) is 21.4 Å². The number of aromatic nitrogens is 1. The van der Waals surface area contributed by atoms with Gasteiger partial charge < -0.3 is 9.72 Å². The lowest BCUT2D eigenvalue weighted by Gasteiger charge is -2.09. The highest BCUT2D eigenvalue weighted by Gasteiger charge is 2.14. The van der Waals surface area contributed by atoms with Crippen LogP contribution in [0.1, 0.15) is 12.5 Å². The summed E-state index contributed by atoms with van der Waals surface area (Å²) >= 11 is 0. The van der Waals surface area contributed by atoms with E-state index in [1.807, 2.05) is 25.1 Å². The second kappa shape index (κ2) is 7.54. The number of benzene rings is 2. The SMILES string of the molecule is CCOc1ccc(-c2cc(-c3ccc([N+](=O)[O-])cc3)c(C#N)c(=O)[nH]2)cc1. The molecule has 0 fully saturated rings. The standard InChI is InChI=1S/C20H15N3O4/c1-2-27-16-9-5-14(6-10-16)19-11-17(18(12-21)20(24)22-19)13-3-7-15(8-4-13)23(25)26/h3-11H,2H2,1H3,(H,22,24). The van der Waals surface area contributed by atoms with E-state index >= 15 is 0 Å². The van der Waals surface area contributed by atoms with E-state index in [2.05, 4.69) is 4.98 Å². The minimum absolute atomic E-state index is 0.0430. The molecule has 1 heterocycles. The zero-order valence-corrected chi connectivity index (χ0v) is 14.4. The van der Waals surface area contributed by atoms with Crippen LogP contribution in [0.3, 0.4) is 0 Å². The number of nitro benzene ring substituents is 1. The molecule has 0 saturated heterocycles. The molecule has 0 bridgehead atoms. The van der Waals surface area contributed by atoms with Gasteiger partial charge in [-0.3, -0.25) is 14.9 Å². The van der Waals surface area contributed by atoms with E-state index in [0.717, 1.165) is 5.56 Å². The number of non-ortho nitro benzene ring substituents is 1. The summed E-state index contributed by atoms with van der Waals surface area (Å²) in [6.07, 6.45) is 0. The van der Waals surface area contributed by atoms with Gasteiger partial charge >= 0.3 is 0 Å². The second-order valence-corrected chi connectivity index (χ2v) is 5.67. The van der Waals surface area contributed by atoms with E-state index in [-0.39, 0.29) is 11.3 Å². The van der Waals surface area contributed by atoms with Crippen LogP contribution >= 0.6 is 0 Å². The first-order chi connectivity index (χ1) is 13.0. The van der Waals surface area contributed by atoms with Crippen LogP contribution in [0.25, 0.3) is 22.4 Å². The third-order valence-corrected chi connectivity index (χ3v) is 4.01. The smallest absolute Gasteiger partial charge is 0.269 e. The van der Waals surface area contributed by atoms with Gasteiger partial charge in [-0.25, -0.2) is 0 Å². The number of hydrogen-bond donors (Lipinski definition) is 1. The molecule has 1 N–H and O–H groups in total. The fourth-order valence-corrected chi connectivity index (χ4v) is 2.71. The molecule has 7 nitrogen and oxygen atoms in total. The molecule has 0 saturated carbocycles. The van der Waals surface area contributed by atoms with Gasteiger partial charge in [0.25, 0.3) is 11.2 Å². The first-order valence-electron chi connectivity index (χ1n) is 8.19. The number of nitrogens with zero attached hydrogens (tertiary/aromatic N) is 2. The first-order valence-corrected chi connectivity index (χ1v) is 8.19. The molecule has 3 rings (SSSR count). The molecular formula is C20H15N3O4. The number of H-pyrrole nitrogens is 1. The maximum atomic E-state index is 12.4. The third kappa shape index (κ3) is 3.70. The number of pyridine rings is 1. The summed E-state index contributed by atoms with van der Waals surface area (Å²) in [4.78, 5) is 25.4. The van der Waals surface area contributed by atoms with Crippen molar-refractivity contribution in [2.75, 3.05) is 6.61 Å². The van der Waals surface area contributed by atoms with Crippen molar-refractivity contribution >= 4 is 5.69 Å². The summed E-state index contributed by atoms with van der Waals surface area (Å²) < 4.78 is 5.41. The summed E-state index contributed by atoms with van der Waals surface area (Å²) in [5.74, 6) is 0.716. The Balaban J connectivity index is 2.09. The van der Waals surface area contributed by atoms with E-state index in [1.54, 1.807) is 18.2 Å². The minimum Gasteiger partial charge on any atom is -0.494 e. The maximum Gasteiger partial charge on any atom is 0.269 e. The Hall–Kier alpha value is -3.92. The molecule has 0 aliphatic rings. The molecule has 0 atom stereocenters. The fraction of sp³-hybridized carbons (Fsp3) is 0.100. The van der Waals surface area contributed by atoms with Gasteiger partial charge in [-0.1, -0.05) is 0 Å². The molecule has 0 spiro atoms. The largest absolute Gasteiger partial charge is 0.494 e. The van der Waals surface area contributed by atoms with Crippen LogP contribution < -0.4 is 10.3 Å². The Bertz CT molecular complexity index is 1080. The van der Waals surface area contributed by atoms with Crippen molar-refractivity contribution in [2.24, 2.45) is 0 Å². The van der Waals surface area contributed by atoms with Crippen LogP contribution in [0.5, 0.6) is 5.75 Å². The van der Waals surface area contributed by atoms with Gasteiger partial charge in [0.15, 0.2) is 0 Å². The molecule has 0 aliphatic carbocycles. The normalized spacial score (nSPS) is 10.2. The summed E-state index contributed by atoms with van der Waals surface area (Å²) in [5, 5.41) is 20.2. The topological polar surface area (TPSA) is 109 Å². The number of nitro groups is 1. The summed E-state index contributed by atoms with van der Waals surface area (Å²) in [6.45, 7) is 2.44. The molecule has 3 aromatic rings. The van der Waals surface area contributed by atoms with Crippen molar-refractivity contribution in [1.82, 2.24) is 4.98 Å². The Labute approximate surface area is 154 Å². The molecule has 0 radical (unpaired) electrons. The molecule has 0 aliphatic heterocycles. The molecule has 0 amide bonds. The van der Waals surface area contributed by atoms with E-state index < -0.39 is 10.5 Å². The number of aromatic amines is 1. The van der Waals surface area contributed by atoms with Crippen molar-refractivity contribution in [3.8, 4) is 34.2 Å². The van der Waals surface area contributed by atoms with Crippen LogP contribution in [0.4, 0.5) is 5.69 Å². The first kappa shape index (κ1) is 17.9. The van der Waals surface area contributed by atoms with Crippen LogP contribution in [0.2, 0.25) is 0 Å². The number of nitrogens with one attached hydrogen (secondary N) is 1. The molecule has 7 heteroatoms. The predicted octanol–water partition coefficient (Wildman–Crippen LogP) is 3.89. The van der Waals surface area contributed by atoms with Crippen molar-refractivity contribution in [1.29, 1.82) is 5.26 Å². The van der Waals surface area contributed by atoms with E-state index in [0.29, 0.717) is 29.2 Å². The highest BCUT2D eigenvalue weighted by Crippen LogP contribution is 2.28. The number of hydrogen-bond acceptors (Lipinski definition) is 5. The molecule has 0 unspecified atom stereocenters. The van der Waals surface area contributed by atoms with Gasteiger partial charge in [-0.2, -0.15) is 5.26 Å². The highest BCUT2D eigenvalue weighted by molar-refractivity contribution is 5.75. The average Bonchev–Trinajstić information content (AvgIpc) is 2.68. The van der Waals surface area contributed by atoms with Gasteiger partial charge in [0, 0.05) is 23.4 Å². The Morgan fingerprint density at radius 3 is 2.30 bits per heavy atom. The van der Waals surface area contributed by atoms with Crippen LogP contribution in [-0.2, 0) is 0 Å². The Kier molecular flexibility index (Phi) is 4.99. The summed E-state index contributed by atoms with van der Waals surface area (Å²) in [5.41, 5.74) is 1.64. The van der Waals surface area contributed by atoms with E-state index in [4.69, 9.17) is 4.74 Å². The van der Waals surface area contributed by atoms with Crippen molar-refractivity contribution in [3.05, 3.63) is 80.6 Å². The number of rotatable bonds is 5. The fourth-order valence-electron chi connectivity index (χ4n) is 2.71. The zero-order chi connectivity index (χ0) is 19.4. The van der Waals surface area contributed by atoms with Gasteiger partial charge in [0.05, 0.1) is 11.5 Å². The van der Waals surface area contributed by atoms with E-state index in [1.165, 1.54) is 24.3 Å². The minimum atomic E-state index is -0.516. The lowest BCUT2D eigenvalue weighted by Crippen LogP contribution is -2.12. The van der Waals surface area contributed by atoms with Gasteiger partial charge in [-0.15, -0.1) is 0 Å². The lowest BCUT2D eigenvalue weighted by atomic mass is 9.99. The summed E-state index contributed by atoms with van der Waals surface area (Å²) in [7, 11) is 0. The second-order valence-electron chi connectivity index (χ2n) is 5.67. The predicted molar refractivity (Wildman–Crippen MR) is 100 cm³/mol. The van der Waals surface area contributed by atoms with Crippen LogP contribution in [-0.4, -0.2) is 16.5 Å². The number of nitriles is 1. The molecular weight excluding hydrogens is 346 g/mol. The molecule has 134 valence electrons. The van der Waals surface area contributed by atoms with Gasteiger partial charge in [0.1, 0.15) is 17.4 Å². The Morgan fingerprint density at radius 1 is 1.11 bits per heavy atom. The maximum absolute atomic E-state index is 12.4. The van der Waals surface area contributed by atoms with Gasteiger partial charge in [-0.05, 0) is 60.5 Å². The summed E-state index contributed by atoms with van der Waals surface area (Å²) in [6, 6.07) is 16.5. The molecule has 27 heavy (non-hydrogen) atoms. The van der Waals surface area contributed by atoms with Crippen molar-refractivity contribution in [2.45, 2.75) is 6.92 Å². The average molecular weight is 361 g/mol. The van der Waals surface area contributed by atoms with Crippen molar-refractivity contribution in [3.63, 3.8) is 0 Å². The monoisotopic (exact) mass is 361 g/mol. The quantitative estimate of drug-likeness (QED) is 0.548. The Morgan fingerprint density at radius 2 is 1.74 bits per heavy atom.